The number of fused-ring (bicyclic) bond motifs is 2. The van der Waals surface area contributed by atoms with Crippen molar-refractivity contribution >= 4 is 27.6 Å². The summed E-state index contributed by atoms with van der Waals surface area (Å²) in [7, 11) is 0. The Hall–Kier alpha value is -3.16. The van der Waals surface area contributed by atoms with Crippen LogP contribution in [-0.2, 0) is 11.3 Å². The van der Waals surface area contributed by atoms with Gasteiger partial charge in [-0.25, -0.2) is 9.97 Å². The Morgan fingerprint density at radius 1 is 1.12 bits per heavy atom. The number of hydrogen-bond donors (Lipinski definition) is 2. The predicted octanol–water partition coefficient (Wildman–Crippen LogP) is 5.01. The van der Waals surface area contributed by atoms with E-state index in [9.17, 15) is 5.11 Å². The number of rotatable bonds is 10. The molecule has 0 spiro atoms. The van der Waals surface area contributed by atoms with Crippen molar-refractivity contribution in [3.05, 3.63) is 48.9 Å². The van der Waals surface area contributed by atoms with Crippen LogP contribution >= 0.6 is 0 Å². The van der Waals surface area contributed by atoms with Crippen LogP contribution in [0.15, 0.2) is 48.9 Å². The van der Waals surface area contributed by atoms with E-state index in [0.717, 1.165) is 57.3 Å². The summed E-state index contributed by atoms with van der Waals surface area (Å²) in [6.07, 6.45) is 6.31. The van der Waals surface area contributed by atoms with Gasteiger partial charge in [-0.1, -0.05) is 18.2 Å². The summed E-state index contributed by atoms with van der Waals surface area (Å²) in [4.78, 5) is 9.11. The second-order valence-corrected chi connectivity index (χ2v) is 9.57. The normalized spacial score (nSPS) is 14.1. The van der Waals surface area contributed by atoms with Crippen molar-refractivity contribution in [3.63, 3.8) is 0 Å². The van der Waals surface area contributed by atoms with Gasteiger partial charge in [0.2, 0.25) is 0 Å². The van der Waals surface area contributed by atoms with Crippen LogP contribution in [-0.4, -0.2) is 51.1 Å². The lowest BCUT2D eigenvalue weighted by Gasteiger charge is -2.18. The molecule has 178 valence electrons. The van der Waals surface area contributed by atoms with Gasteiger partial charge in [0.15, 0.2) is 0 Å². The molecule has 34 heavy (non-hydrogen) atoms. The first-order chi connectivity index (χ1) is 16.4. The average molecular weight is 461 g/mol. The van der Waals surface area contributed by atoms with Crippen LogP contribution in [0.2, 0.25) is 0 Å². The van der Waals surface area contributed by atoms with Gasteiger partial charge in [-0.2, -0.15) is 0 Å². The fourth-order valence-corrected chi connectivity index (χ4v) is 4.24. The van der Waals surface area contributed by atoms with E-state index in [1.807, 2.05) is 17.6 Å². The van der Waals surface area contributed by atoms with Crippen molar-refractivity contribution in [1.82, 2.24) is 14.5 Å². The maximum Gasteiger partial charge on any atom is 0.146 e. The van der Waals surface area contributed by atoms with Crippen LogP contribution in [0, 0.1) is 0 Å². The summed E-state index contributed by atoms with van der Waals surface area (Å²) in [6, 6.07) is 12.7. The van der Waals surface area contributed by atoms with Gasteiger partial charge in [-0.05, 0) is 68.1 Å². The molecule has 2 aromatic carbocycles. The summed E-state index contributed by atoms with van der Waals surface area (Å²) >= 11 is 0. The smallest absolute Gasteiger partial charge is 0.146 e. The molecular formula is C27H32N4O3. The highest BCUT2D eigenvalue weighted by Crippen LogP contribution is 2.36. The largest absolute Gasteiger partial charge is 0.490 e. The zero-order chi connectivity index (χ0) is 23.7. The van der Waals surface area contributed by atoms with E-state index in [1.165, 1.54) is 0 Å². The molecular weight excluding hydrogens is 428 g/mol. The molecule has 0 atom stereocenters. The van der Waals surface area contributed by atoms with Crippen LogP contribution in [0.1, 0.15) is 33.6 Å². The Balaban J connectivity index is 1.56. The number of benzene rings is 2. The molecule has 0 saturated heterocycles. The van der Waals surface area contributed by atoms with Crippen LogP contribution < -0.4 is 10.1 Å². The lowest BCUT2D eigenvalue weighted by molar-refractivity contribution is 0.0627. The molecule has 5 rings (SSSR count). The molecule has 7 heteroatoms. The zero-order valence-corrected chi connectivity index (χ0v) is 20.0. The molecule has 2 aromatic heterocycles. The van der Waals surface area contributed by atoms with Crippen LogP contribution in [0.25, 0.3) is 32.9 Å². The Labute approximate surface area is 199 Å². The van der Waals surface area contributed by atoms with Gasteiger partial charge in [-0.3, -0.25) is 0 Å². The molecule has 0 unspecified atom stereocenters. The van der Waals surface area contributed by atoms with E-state index in [1.54, 1.807) is 20.2 Å². The van der Waals surface area contributed by atoms with Crippen molar-refractivity contribution in [3.8, 4) is 16.9 Å². The molecule has 1 aliphatic carbocycles. The molecule has 0 aliphatic heterocycles. The van der Waals surface area contributed by atoms with Crippen LogP contribution in [0.5, 0.6) is 5.75 Å². The van der Waals surface area contributed by atoms with Gasteiger partial charge >= 0.3 is 0 Å². The summed E-state index contributed by atoms with van der Waals surface area (Å²) in [5.74, 6) is 1.70. The van der Waals surface area contributed by atoms with E-state index < -0.39 is 5.60 Å². The molecule has 4 aromatic rings. The molecule has 1 fully saturated rings. The molecule has 2 N–H and O–H groups in total. The van der Waals surface area contributed by atoms with Crippen molar-refractivity contribution < 1.29 is 14.6 Å². The Bertz CT molecular complexity index is 1300. The first-order valence-corrected chi connectivity index (χ1v) is 12.0. The zero-order valence-electron chi connectivity index (χ0n) is 20.0. The maximum atomic E-state index is 10.5. The molecule has 2 heterocycles. The minimum atomic E-state index is -0.877. The van der Waals surface area contributed by atoms with E-state index in [2.05, 4.69) is 51.8 Å². The Kier molecular flexibility index (Phi) is 6.15. The number of anilines is 1. The third-order valence-corrected chi connectivity index (χ3v) is 5.90. The minimum Gasteiger partial charge on any atom is -0.490 e. The molecule has 7 nitrogen and oxygen atoms in total. The topological polar surface area (TPSA) is 81.4 Å². The van der Waals surface area contributed by atoms with E-state index >= 15 is 0 Å². The summed E-state index contributed by atoms with van der Waals surface area (Å²) in [5, 5.41) is 17.1. The van der Waals surface area contributed by atoms with Gasteiger partial charge < -0.3 is 24.5 Å². The molecule has 1 aliphatic rings. The molecule has 0 amide bonds. The van der Waals surface area contributed by atoms with Gasteiger partial charge in [-0.15, -0.1) is 0 Å². The van der Waals surface area contributed by atoms with Crippen molar-refractivity contribution in [1.29, 1.82) is 0 Å². The molecule has 1 saturated carbocycles. The minimum absolute atomic E-state index is 0.382. The van der Waals surface area contributed by atoms with Crippen molar-refractivity contribution in [2.75, 3.05) is 25.1 Å². The van der Waals surface area contributed by atoms with E-state index in [4.69, 9.17) is 9.47 Å². The highest BCUT2D eigenvalue weighted by Gasteiger charge is 2.24. The number of aliphatic hydroxyl groups is 1. The van der Waals surface area contributed by atoms with Gasteiger partial charge in [0.25, 0.3) is 0 Å². The third kappa shape index (κ3) is 5.00. The number of aromatic nitrogens is 3. The second-order valence-electron chi connectivity index (χ2n) is 9.57. The predicted molar refractivity (Wildman–Crippen MR) is 135 cm³/mol. The lowest BCUT2D eigenvalue weighted by atomic mass is 10.0. The first-order valence-electron chi connectivity index (χ1n) is 12.0. The highest BCUT2D eigenvalue weighted by atomic mass is 16.5. The summed E-state index contributed by atoms with van der Waals surface area (Å²) in [6.45, 7) is 7.95. The van der Waals surface area contributed by atoms with Gasteiger partial charge in [0, 0.05) is 24.9 Å². The first kappa shape index (κ1) is 22.6. The third-order valence-electron chi connectivity index (χ3n) is 5.90. The van der Waals surface area contributed by atoms with Gasteiger partial charge in [0.1, 0.15) is 23.5 Å². The van der Waals surface area contributed by atoms with Crippen molar-refractivity contribution in [2.45, 2.75) is 51.9 Å². The number of ether oxygens (including phenoxy) is 2. The monoisotopic (exact) mass is 460 g/mol. The van der Waals surface area contributed by atoms with Crippen LogP contribution in [0.4, 0.5) is 5.82 Å². The molecule has 0 bridgehead atoms. The van der Waals surface area contributed by atoms with E-state index in [-0.39, 0.29) is 0 Å². The lowest BCUT2D eigenvalue weighted by Crippen LogP contribution is -2.25. The fourth-order valence-electron chi connectivity index (χ4n) is 4.24. The van der Waals surface area contributed by atoms with Crippen molar-refractivity contribution in [2.24, 2.45) is 0 Å². The standard InChI is InChI=1S/C27H32N4O3/c1-4-33-12-11-28-25-24-23(15-31(16-27(2,3)32)26(24)30-17-29-25)20-6-5-19-14-22(34-21-9-10-21)8-7-18(19)13-20/h5-8,13-15,17,21,32H,4,9-12,16H2,1-3H3,(H,28,29,30). The maximum absolute atomic E-state index is 10.5. The second kappa shape index (κ2) is 9.24. The van der Waals surface area contributed by atoms with E-state index in [0.29, 0.717) is 32.4 Å². The number of nitrogens with one attached hydrogen (secondary N) is 1. The molecule has 0 radical (unpaired) electrons. The SMILES string of the molecule is CCOCCNc1ncnc2c1c(-c1ccc3cc(OC4CC4)ccc3c1)cn2CC(C)(C)O. The summed E-state index contributed by atoms with van der Waals surface area (Å²) in [5.41, 5.74) is 2.02. The summed E-state index contributed by atoms with van der Waals surface area (Å²) < 4.78 is 13.5. The number of nitrogens with zero attached hydrogens (tertiary/aromatic N) is 3. The highest BCUT2D eigenvalue weighted by molar-refractivity contribution is 6.03. The Morgan fingerprint density at radius 3 is 2.68 bits per heavy atom. The quantitative estimate of drug-likeness (QED) is 0.324. The van der Waals surface area contributed by atoms with Gasteiger partial charge in [0.05, 0.1) is 30.2 Å². The number of hydrogen-bond acceptors (Lipinski definition) is 6. The average Bonchev–Trinajstić information content (AvgIpc) is 3.55. The fraction of sp³-hybridized carbons (Fsp3) is 0.407. The Morgan fingerprint density at radius 2 is 1.91 bits per heavy atom. The van der Waals surface area contributed by atoms with Crippen LogP contribution in [0.3, 0.4) is 0 Å².